The topological polar surface area (TPSA) is 105 Å². The lowest BCUT2D eigenvalue weighted by molar-refractivity contribution is -0.142. The number of carbonyl (C=O) groups excluding carboxylic acids is 1. The smallest absolute Gasteiger partial charge is 0.308 e. The summed E-state index contributed by atoms with van der Waals surface area (Å²) in [5.41, 5.74) is 6.41. The normalized spacial score (nSPS) is 22.3. The van der Waals surface area contributed by atoms with Gasteiger partial charge in [0.15, 0.2) is 0 Å². The number of nitrogens with zero attached hydrogens (tertiary/aromatic N) is 1. The van der Waals surface area contributed by atoms with Gasteiger partial charge in [-0.3, -0.25) is 9.59 Å². The molecule has 21 heavy (non-hydrogen) atoms. The Hall–Kier alpha value is -2.11. The van der Waals surface area contributed by atoms with Crippen LogP contribution in [-0.2, 0) is 4.79 Å². The van der Waals surface area contributed by atoms with E-state index in [-0.39, 0.29) is 6.04 Å². The Kier molecular flexibility index (Phi) is 4.77. The molecule has 1 aromatic rings. The molecule has 1 aromatic heterocycles. The van der Waals surface area contributed by atoms with Crippen LogP contribution in [0.1, 0.15) is 48.2 Å². The fourth-order valence-corrected chi connectivity index (χ4v) is 2.82. The average Bonchev–Trinajstić information content (AvgIpc) is 2.64. The summed E-state index contributed by atoms with van der Waals surface area (Å²) in [5.74, 6) is -1.44. The predicted molar refractivity (Wildman–Crippen MR) is 79.1 cm³/mol. The number of pyridine rings is 1. The fraction of sp³-hybridized carbons (Fsp3) is 0.533. The Morgan fingerprint density at radius 2 is 2.00 bits per heavy atom. The monoisotopic (exact) mass is 291 g/mol. The highest BCUT2D eigenvalue weighted by atomic mass is 16.4. The number of aryl methyl sites for hydroxylation is 1. The van der Waals surface area contributed by atoms with Crippen LogP contribution >= 0.6 is 0 Å². The van der Waals surface area contributed by atoms with Gasteiger partial charge in [0.25, 0.3) is 5.91 Å². The van der Waals surface area contributed by atoms with Gasteiger partial charge in [-0.05, 0) is 31.9 Å². The molecular weight excluding hydrogens is 270 g/mol. The quantitative estimate of drug-likeness (QED) is 0.735. The molecule has 1 amide bonds. The van der Waals surface area contributed by atoms with Crippen LogP contribution in [-0.4, -0.2) is 28.0 Å². The summed E-state index contributed by atoms with van der Waals surface area (Å²) in [4.78, 5) is 27.2. The number of amides is 1. The van der Waals surface area contributed by atoms with Crippen LogP contribution < -0.4 is 11.1 Å². The van der Waals surface area contributed by atoms with E-state index in [4.69, 9.17) is 5.73 Å². The first-order valence-corrected chi connectivity index (χ1v) is 7.26. The molecule has 0 radical (unpaired) electrons. The van der Waals surface area contributed by atoms with Crippen molar-refractivity contribution < 1.29 is 14.7 Å². The van der Waals surface area contributed by atoms with Crippen molar-refractivity contribution in [1.82, 2.24) is 4.98 Å². The molecule has 0 bridgehead atoms. The molecule has 0 saturated heterocycles. The number of hydrogen-bond donors (Lipinski definition) is 3. The second-order valence-corrected chi connectivity index (χ2v) is 5.55. The number of carboxylic acid groups (broad SMARTS) is 1. The summed E-state index contributed by atoms with van der Waals surface area (Å²) in [6, 6.07) is 3.12. The standard InChI is InChI=1S/C15H21N3O3/c1-9-7-8-11(13(16)19)14(17-9)18-12-6-4-2-3-5-10(12)15(20)21/h7-8,10,12H,2-6H2,1H3,(H2,16,19)(H,17,18)(H,20,21). The zero-order chi connectivity index (χ0) is 15.4. The van der Waals surface area contributed by atoms with Crippen LogP contribution in [0.15, 0.2) is 12.1 Å². The van der Waals surface area contributed by atoms with Crippen LogP contribution in [0.25, 0.3) is 0 Å². The second-order valence-electron chi connectivity index (χ2n) is 5.55. The number of aliphatic carboxylic acids is 1. The first kappa shape index (κ1) is 15.3. The average molecular weight is 291 g/mol. The van der Waals surface area contributed by atoms with Crippen LogP contribution in [0.2, 0.25) is 0 Å². The van der Waals surface area contributed by atoms with Crippen molar-refractivity contribution in [2.75, 3.05) is 5.32 Å². The third-order valence-corrected chi connectivity index (χ3v) is 3.96. The molecule has 1 saturated carbocycles. The molecule has 1 aliphatic carbocycles. The van der Waals surface area contributed by atoms with Crippen LogP contribution in [0, 0.1) is 12.8 Å². The maximum absolute atomic E-state index is 11.5. The number of nitrogens with one attached hydrogen (secondary N) is 1. The van der Waals surface area contributed by atoms with Gasteiger partial charge in [-0.1, -0.05) is 19.3 Å². The van der Waals surface area contributed by atoms with Crippen molar-refractivity contribution in [1.29, 1.82) is 0 Å². The third kappa shape index (κ3) is 3.71. The number of nitrogens with two attached hydrogens (primary N) is 1. The van der Waals surface area contributed by atoms with Crippen molar-refractivity contribution in [3.05, 3.63) is 23.4 Å². The first-order chi connectivity index (χ1) is 9.99. The minimum Gasteiger partial charge on any atom is -0.481 e. The lowest BCUT2D eigenvalue weighted by Gasteiger charge is -2.24. The van der Waals surface area contributed by atoms with E-state index in [1.54, 1.807) is 12.1 Å². The number of rotatable bonds is 4. The largest absolute Gasteiger partial charge is 0.481 e. The molecular formula is C15H21N3O3. The zero-order valence-electron chi connectivity index (χ0n) is 12.1. The third-order valence-electron chi connectivity index (χ3n) is 3.96. The Labute approximate surface area is 123 Å². The van der Waals surface area contributed by atoms with Gasteiger partial charge < -0.3 is 16.2 Å². The Bertz CT molecular complexity index is 545. The zero-order valence-corrected chi connectivity index (χ0v) is 12.1. The summed E-state index contributed by atoms with van der Waals surface area (Å²) < 4.78 is 0. The van der Waals surface area contributed by atoms with Crippen molar-refractivity contribution in [2.45, 2.75) is 45.1 Å². The van der Waals surface area contributed by atoms with Gasteiger partial charge in [-0.25, -0.2) is 4.98 Å². The van der Waals surface area contributed by atoms with E-state index in [2.05, 4.69) is 10.3 Å². The van der Waals surface area contributed by atoms with Crippen LogP contribution in [0.3, 0.4) is 0 Å². The molecule has 6 nitrogen and oxygen atoms in total. The number of aromatic nitrogens is 1. The predicted octanol–water partition coefficient (Wildman–Crippen LogP) is 1.93. The van der Waals surface area contributed by atoms with E-state index in [0.29, 0.717) is 17.8 Å². The fourth-order valence-electron chi connectivity index (χ4n) is 2.82. The van der Waals surface area contributed by atoms with E-state index in [1.807, 2.05) is 6.92 Å². The number of primary amides is 1. The van der Waals surface area contributed by atoms with Crippen molar-refractivity contribution >= 4 is 17.7 Å². The Morgan fingerprint density at radius 3 is 2.67 bits per heavy atom. The van der Waals surface area contributed by atoms with Crippen LogP contribution in [0.4, 0.5) is 5.82 Å². The molecule has 1 heterocycles. The number of carboxylic acids is 1. The number of hydrogen-bond acceptors (Lipinski definition) is 4. The van der Waals surface area contributed by atoms with Gasteiger partial charge >= 0.3 is 5.97 Å². The summed E-state index contributed by atoms with van der Waals surface area (Å²) in [6.45, 7) is 1.82. The summed E-state index contributed by atoms with van der Waals surface area (Å²) >= 11 is 0. The molecule has 1 aliphatic rings. The maximum atomic E-state index is 11.5. The van der Waals surface area contributed by atoms with E-state index in [1.165, 1.54) is 0 Å². The summed E-state index contributed by atoms with van der Waals surface area (Å²) in [6.07, 6.45) is 4.32. The highest BCUT2D eigenvalue weighted by Crippen LogP contribution is 2.27. The maximum Gasteiger partial charge on any atom is 0.308 e. The van der Waals surface area contributed by atoms with E-state index >= 15 is 0 Å². The molecule has 1 fully saturated rings. The first-order valence-electron chi connectivity index (χ1n) is 7.26. The number of carbonyl (C=O) groups is 2. The lowest BCUT2D eigenvalue weighted by Crippen LogP contribution is -2.35. The highest BCUT2D eigenvalue weighted by Gasteiger charge is 2.30. The van der Waals surface area contributed by atoms with Gasteiger partial charge in [-0.15, -0.1) is 0 Å². The minimum atomic E-state index is -0.803. The highest BCUT2D eigenvalue weighted by molar-refractivity contribution is 5.97. The van der Waals surface area contributed by atoms with Crippen molar-refractivity contribution in [3.8, 4) is 0 Å². The lowest BCUT2D eigenvalue weighted by atomic mass is 9.94. The summed E-state index contributed by atoms with van der Waals surface area (Å²) in [7, 11) is 0. The van der Waals surface area contributed by atoms with Gasteiger partial charge in [0.1, 0.15) is 5.82 Å². The molecule has 0 spiro atoms. The van der Waals surface area contributed by atoms with Gasteiger partial charge in [0.2, 0.25) is 0 Å². The van der Waals surface area contributed by atoms with Crippen LogP contribution in [0.5, 0.6) is 0 Å². The minimum absolute atomic E-state index is 0.225. The molecule has 0 aromatic carbocycles. The van der Waals surface area contributed by atoms with Crippen molar-refractivity contribution in [2.24, 2.45) is 11.7 Å². The number of anilines is 1. The SMILES string of the molecule is Cc1ccc(C(N)=O)c(NC2CCCCCC2C(=O)O)n1. The molecule has 2 rings (SSSR count). The van der Waals surface area contributed by atoms with E-state index < -0.39 is 17.8 Å². The second kappa shape index (κ2) is 6.56. The van der Waals surface area contributed by atoms with Gasteiger partial charge in [0.05, 0.1) is 11.5 Å². The van der Waals surface area contributed by atoms with E-state index in [9.17, 15) is 14.7 Å². The Balaban J connectivity index is 2.27. The molecule has 6 heteroatoms. The van der Waals surface area contributed by atoms with E-state index in [0.717, 1.165) is 31.4 Å². The molecule has 4 N–H and O–H groups in total. The summed E-state index contributed by atoms with van der Waals surface area (Å²) in [5, 5.41) is 12.5. The van der Waals surface area contributed by atoms with Gasteiger partial charge in [0, 0.05) is 11.7 Å². The molecule has 0 aliphatic heterocycles. The van der Waals surface area contributed by atoms with Gasteiger partial charge in [-0.2, -0.15) is 0 Å². The molecule has 114 valence electrons. The molecule has 2 atom stereocenters. The van der Waals surface area contributed by atoms with Crippen molar-refractivity contribution in [3.63, 3.8) is 0 Å². The Morgan fingerprint density at radius 1 is 1.29 bits per heavy atom. The molecule has 2 unspecified atom stereocenters.